The molecular formula is C20H20O2. The maximum atomic E-state index is 12.4. The molecule has 0 bridgehead atoms. The molecule has 0 aliphatic heterocycles. The molecule has 1 fully saturated rings. The van der Waals surface area contributed by atoms with Gasteiger partial charge in [0.25, 0.3) is 0 Å². The molecule has 0 amide bonds. The van der Waals surface area contributed by atoms with E-state index in [0.717, 1.165) is 30.4 Å². The molecule has 2 nitrogen and oxygen atoms in total. The van der Waals surface area contributed by atoms with Gasteiger partial charge in [0.05, 0.1) is 0 Å². The van der Waals surface area contributed by atoms with Crippen molar-refractivity contribution in [3.63, 3.8) is 0 Å². The first-order valence-electron chi connectivity index (χ1n) is 7.95. The summed E-state index contributed by atoms with van der Waals surface area (Å²) < 4.78 is 0. The summed E-state index contributed by atoms with van der Waals surface area (Å²) in [7, 11) is 0. The van der Waals surface area contributed by atoms with Gasteiger partial charge in [-0.05, 0) is 24.0 Å². The highest BCUT2D eigenvalue weighted by Gasteiger charge is 2.24. The third-order valence-corrected chi connectivity index (χ3v) is 4.43. The van der Waals surface area contributed by atoms with Gasteiger partial charge in [0.2, 0.25) is 0 Å². The van der Waals surface area contributed by atoms with Crippen molar-refractivity contribution < 1.29 is 9.59 Å². The van der Waals surface area contributed by atoms with Crippen molar-refractivity contribution in [3.05, 3.63) is 60.2 Å². The van der Waals surface area contributed by atoms with E-state index < -0.39 is 0 Å². The van der Waals surface area contributed by atoms with Gasteiger partial charge in [-0.15, -0.1) is 0 Å². The van der Waals surface area contributed by atoms with Crippen LogP contribution >= 0.6 is 0 Å². The molecule has 2 aromatic rings. The maximum Gasteiger partial charge on any atom is 0.163 e. The molecule has 22 heavy (non-hydrogen) atoms. The number of Topliss-reactive ketones (excluding diaryl/α,β-unsaturated/α-hetero) is 2. The van der Waals surface area contributed by atoms with Crippen LogP contribution in [0.1, 0.15) is 42.5 Å². The Balaban J connectivity index is 1.70. The van der Waals surface area contributed by atoms with Gasteiger partial charge in [0.15, 0.2) is 5.78 Å². The molecule has 3 rings (SSSR count). The zero-order valence-electron chi connectivity index (χ0n) is 12.6. The van der Waals surface area contributed by atoms with Crippen LogP contribution in [0, 0.1) is 5.92 Å². The Kier molecular flexibility index (Phi) is 4.47. The number of carbonyl (C=O) groups excluding carboxylic acids is 2. The summed E-state index contributed by atoms with van der Waals surface area (Å²) in [6.07, 6.45) is 3.92. The quantitative estimate of drug-likeness (QED) is 0.766. The van der Waals surface area contributed by atoms with E-state index in [1.54, 1.807) is 0 Å². The van der Waals surface area contributed by atoms with Crippen LogP contribution in [0.2, 0.25) is 0 Å². The lowest BCUT2D eigenvalue weighted by Gasteiger charge is -2.19. The van der Waals surface area contributed by atoms with Crippen LogP contribution < -0.4 is 0 Å². The van der Waals surface area contributed by atoms with Gasteiger partial charge in [-0.2, -0.15) is 0 Å². The van der Waals surface area contributed by atoms with Crippen molar-refractivity contribution in [1.29, 1.82) is 0 Å². The van der Waals surface area contributed by atoms with Crippen LogP contribution in [0.15, 0.2) is 54.6 Å². The van der Waals surface area contributed by atoms with E-state index >= 15 is 0 Å². The molecule has 1 aliphatic carbocycles. The number of benzene rings is 2. The van der Waals surface area contributed by atoms with E-state index in [0.29, 0.717) is 18.4 Å². The molecule has 0 radical (unpaired) electrons. The van der Waals surface area contributed by atoms with Crippen molar-refractivity contribution >= 4 is 11.6 Å². The topological polar surface area (TPSA) is 34.1 Å². The summed E-state index contributed by atoms with van der Waals surface area (Å²) in [5, 5.41) is 0. The van der Waals surface area contributed by atoms with Gasteiger partial charge < -0.3 is 0 Å². The van der Waals surface area contributed by atoms with E-state index in [1.165, 1.54) is 0 Å². The second-order valence-electron chi connectivity index (χ2n) is 5.98. The predicted molar refractivity (Wildman–Crippen MR) is 87.8 cm³/mol. The SMILES string of the molecule is O=C(C[C@@H]1CCCCC1=O)c1ccc(-c2ccccc2)cc1. The minimum Gasteiger partial charge on any atom is -0.299 e. The Morgan fingerprint density at radius 3 is 2.27 bits per heavy atom. The average molecular weight is 292 g/mol. The lowest BCUT2D eigenvalue weighted by atomic mass is 9.83. The predicted octanol–water partition coefficient (Wildman–Crippen LogP) is 4.69. The van der Waals surface area contributed by atoms with Crippen molar-refractivity contribution in [2.24, 2.45) is 5.92 Å². The highest BCUT2D eigenvalue weighted by molar-refractivity contribution is 5.99. The average Bonchev–Trinajstić information content (AvgIpc) is 2.58. The molecule has 0 aromatic heterocycles. The monoisotopic (exact) mass is 292 g/mol. The summed E-state index contributed by atoms with van der Waals surface area (Å²) in [6, 6.07) is 17.8. The summed E-state index contributed by atoms with van der Waals surface area (Å²) >= 11 is 0. The molecule has 1 saturated carbocycles. The van der Waals surface area contributed by atoms with E-state index in [-0.39, 0.29) is 17.5 Å². The van der Waals surface area contributed by atoms with Crippen LogP contribution in [-0.2, 0) is 4.79 Å². The number of rotatable bonds is 4. The largest absolute Gasteiger partial charge is 0.299 e. The molecule has 0 saturated heterocycles. The maximum absolute atomic E-state index is 12.4. The third-order valence-electron chi connectivity index (χ3n) is 4.43. The van der Waals surface area contributed by atoms with Crippen LogP contribution in [0.4, 0.5) is 0 Å². The minimum atomic E-state index is -0.0601. The normalized spacial score (nSPS) is 18.2. The Morgan fingerprint density at radius 2 is 1.59 bits per heavy atom. The second-order valence-corrected chi connectivity index (χ2v) is 5.98. The standard InChI is InChI=1S/C20H20O2/c21-19-9-5-4-8-18(19)14-20(22)17-12-10-16(11-13-17)15-6-2-1-3-7-15/h1-3,6-7,10-13,18H,4-5,8-9,14H2/t18-/m0/s1. The highest BCUT2D eigenvalue weighted by Crippen LogP contribution is 2.26. The van der Waals surface area contributed by atoms with Crippen LogP contribution in [0.5, 0.6) is 0 Å². The molecule has 0 unspecified atom stereocenters. The lowest BCUT2D eigenvalue weighted by Crippen LogP contribution is -2.22. The summed E-state index contributed by atoms with van der Waals surface area (Å²) in [6.45, 7) is 0. The molecule has 2 aromatic carbocycles. The van der Waals surface area contributed by atoms with E-state index in [2.05, 4.69) is 12.1 Å². The molecule has 0 spiro atoms. The second kappa shape index (κ2) is 6.69. The van der Waals surface area contributed by atoms with Gasteiger partial charge in [-0.25, -0.2) is 0 Å². The number of hydrogen-bond donors (Lipinski definition) is 0. The summed E-state index contributed by atoms with van der Waals surface area (Å²) in [5.41, 5.74) is 2.95. The zero-order chi connectivity index (χ0) is 15.4. The molecule has 1 aliphatic rings. The summed E-state index contributed by atoms with van der Waals surface area (Å²) in [4.78, 5) is 24.2. The van der Waals surface area contributed by atoms with Gasteiger partial charge in [0.1, 0.15) is 5.78 Å². The van der Waals surface area contributed by atoms with Gasteiger partial charge in [0, 0.05) is 24.3 Å². The van der Waals surface area contributed by atoms with Crippen molar-refractivity contribution in [2.45, 2.75) is 32.1 Å². The first kappa shape index (κ1) is 14.7. The number of ketones is 2. The number of carbonyl (C=O) groups is 2. The van der Waals surface area contributed by atoms with E-state index in [4.69, 9.17) is 0 Å². The Morgan fingerprint density at radius 1 is 0.909 bits per heavy atom. The fourth-order valence-electron chi connectivity index (χ4n) is 3.09. The van der Waals surface area contributed by atoms with Gasteiger partial charge in [-0.1, -0.05) is 61.0 Å². The van der Waals surface area contributed by atoms with E-state index in [9.17, 15) is 9.59 Å². The minimum absolute atomic E-state index is 0.0601. The van der Waals surface area contributed by atoms with Crippen molar-refractivity contribution in [3.8, 4) is 11.1 Å². The molecule has 1 atom stereocenters. The number of hydrogen-bond acceptors (Lipinski definition) is 2. The molecule has 0 N–H and O–H groups in total. The molecule has 112 valence electrons. The zero-order valence-corrected chi connectivity index (χ0v) is 12.6. The fourth-order valence-corrected chi connectivity index (χ4v) is 3.09. The van der Waals surface area contributed by atoms with Gasteiger partial charge in [-0.3, -0.25) is 9.59 Å². The first-order valence-corrected chi connectivity index (χ1v) is 7.95. The Labute approximate surface area is 131 Å². The van der Waals surface area contributed by atoms with E-state index in [1.807, 2.05) is 42.5 Å². The highest BCUT2D eigenvalue weighted by atomic mass is 16.1. The molecule has 2 heteroatoms. The lowest BCUT2D eigenvalue weighted by molar-refractivity contribution is -0.124. The van der Waals surface area contributed by atoms with Crippen LogP contribution in [0.3, 0.4) is 0 Å². The van der Waals surface area contributed by atoms with Crippen molar-refractivity contribution in [1.82, 2.24) is 0 Å². The first-order chi connectivity index (χ1) is 10.7. The fraction of sp³-hybridized carbons (Fsp3) is 0.300. The van der Waals surface area contributed by atoms with Crippen LogP contribution in [0.25, 0.3) is 11.1 Å². The van der Waals surface area contributed by atoms with Gasteiger partial charge >= 0.3 is 0 Å². The van der Waals surface area contributed by atoms with Crippen LogP contribution in [-0.4, -0.2) is 11.6 Å². The Bertz CT molecular complexity index is 656. The summed E-state index contributed by atoms with van der Waals surface area (Å²) in [5.74, 6) is 0.287. The molecule has 0 heterocycles. The molecular weight excluding hydrogens is 272 g/mol. The smallest absolute Gasteiger partial charge is 0.163 e. The van der Waals surface area contributed by atoms with Crippen molar-refractivity contribution in [2.75, 3.05) is 0 Å². The Hall–Kier alpha value is -2.22. The third kappa shape index (κ3) is 3.33.